The number of H-pyrrole nitrogens is 1. The minimum Gasteiger partial charge on any atom is -0.465 e. The molecule has 3 aromatic carbocycles. The predicted molar refractivity (Wildman–Crippen MR) is 155 cm³/mol. The minimum atomic E-state index is -5.21. The topological polar surface area (TPSA) is 179 Å². The van der Waals surface area contributed by atoms with Crippen molar-refractivity contribution in [2.24, 2.45) is 0 Å². The van der Waals surface area contributed by atoms with E-state index in [9.17, 15) is 30.7 Å². The Balaban J connectivity index is 1.65. The summed E-state index contributed by atoms with van der Waals surface area (Å²) < 4.78 is 89.1. The number of aromatic amines is 1. The van der Waals surface area contributed by atoms with Crippen LogP contribution in [0.4, 0.5) is 0 Å². The van der Waals surface area contributed by atoms with Crippen molar-refractivity contribution in [1.82, 2.24) is 4.98 Å². The lowest BCUT2D eigenvalue weighted by Gasteiger charge is -2.40. The summed E-state index contributed by atoms with van der Waals surface area (Å²) in [7, 11) is -9.14. The summed E-state index contributed by atoms with van der Waals surface area (Å²) in [6.07, 6.45) is 0.106. The maximum atomic E-state index is 12.1. The van der Waals surface area contributed by atoms with Gasteiger partial charge in [0.2, 0.25) is 0 Å². The van der Waals surface area contributed by atoms with E-state index in [1.165, 1.54) is 19.2 Å². The Bertz CT molecular complexity index is 1850. The summed E-state index contributed by atoms with van der Waals surface area (Å²) >= 11 is 0. The Morgan fingerprint density at radius 2 is 1.56 bits per heavy atom. The molecule has 3 N–H and O–H groups in total. The number of esters is 1. The fourth-order valence-electron chi connectivity index (χ4n) is 5.22. The van der Waals surface area contributed by atoms with Crippen LogP contribution < -0.4 is 0 Å². The summed E-state index contributed by atoms with van der Waals surface area (Å²) in [5.41, 5.74) is 2.15. The van der Waals surface area contributed by atoms with Crippen molar-refractivity contribution in [2.45, 2.75) is 30.8 Å². The van der Waals surface area contributed by atoms with Crippen LogP contribution >= 0.6 is 0 Å². The number of ether oxygens (including phenoxy) is 2. The molecule has 14 heteroatoms. The van der Waals surface area contributed by atoms with E-state index in [0.717, 1.165) is 5.39 Å². The molecule has 1 aliphatic rings. The van der Waals surface area contributed by atoms with Gasteiger partial charge in [-0.25, -0.2) is 13.2 Å². The molecule has 1 heterocycles. The first-order valence-electron chi connectivity index (χ1n) is 12.9. The number of aromatic nitrogens is 1. The number of hydrogen-bond acceptors (Lipinski definition) is 9. The lowest BCUT2D eigenvalue weighted by molar-refractivity contribution is -0.0755. The molecular formula is C29H27NO11S2. The van der Waals surface area contributed by atoms with Gasteiger partial charge in [-0.2, -0.15) is 16.8 Å². The molecule has 0 bridgehead atoms. The molecule has 0 amide bonds. The molecule has 4 atom stereocenters. The van der Waals surface area contributed by atoms with Crippen molar-refractivity contribution in [2.75, 3.05) is 7.11 Å². The lowest BCUT2D eigenvalue weighted by atomic mass is 9.77. The molecule has 43 heavy (non-hydrogen) atoms. The van der Waals surface area contributed by atoms with Crippen LogP contribution in [0.1, 0.15) is 33.0 Å². The third-order valence-corrected chi connectivity index (χ3v) is 7.94. The molecule has 0 radical (unpaired) electrons. The highest BCUT2D eigenvalue weighted by atomic mass is 32.3. The fraction of sp³-hybridized carbons (Fsp3) is 0.207. The zero-order chi connectivity index (χ0) is 30.8. The van der Waals surface area contributed by atoms with Crippen molar-refractivity contribution < 1.29 is 48.6 Å². The highest BCUT2D eigenvalue weighted by molar-refractivity contribution is 7.81. The smallest absolute Gasteiger partial charge is 0.398 e. The molecule has 1 aromatic heterocycles. The average molecular weight is 630 g/mol. The van der Waals surface area contributed by atoms with Gasteiger partial charge >= 0.3 is 26.8 Å². The van der Waals surface area contributed by atoms with E-state index in [1.54, 1.807) is 60.9 Å². The van der Waals surface area contributed by atoms with Crippen LogP contribution in [0.15, 0.2) is 91.3 Å². The largest absolute Gasteiger partial charge is 0.465 e. The molecule has 12 nitrogen and oxygen atoms in total. The van der Waals surface area contributed by atoms with E-state index in [2.05, 4.69) is 4.98 Å². The first-order valence-corrected chi connectivity index (χ1v) is 15.6. The van der Waals surface area contributed by atoms with Crippen LogP contribution in [0.2, 0.25) is 0 Å². The second-order valence-corrected chi connectivity index (χ2v) is 11.8. The molecule has 0 spiro atoms. The third kappa shape index (κ3) is 7.19. The zero-order valence-corrected chi connectivity index (χ0v) is 24.2. The molecule has 4 aromatic rings. The fourth-order valence-corrected chi connectivity index (χ4v) is 6.18. The Morgan fingerprint density at radius 3 is 2.21 bits per heavy atom. The average Bonchev–Trinajstić information content (AvgIpc) is 3.50. The summed E-state index contributed by atoms with van der Waals surface area (Å²) in [5, 5.41) is 1.48. The van der Waals surface area contributed by atoms with Crippen molar-refractivity contribution in [3.63, 3.8) is 0 Å². The summed E-state index contributed by atoms with van der Waals surface area (Å²) in [4.78, 5) is 14.8. The predicted octanol–water partition coefficient (Wildman–Crippen LogP) is 4.10. The Hall–Kier alpha value is -3.89. The SMILES string of the molecule is COC(=O)c1ccc(CO[C@H]2[C@H](OS(=O)(=O)O)[C@H](OS(=O)(=O)O)C(c3cccc4ccccc34)=C[C@@H]2c2cc[nH]c2)cc1. The highest BCUT2D eigenvalue weighted by Gasteiger charge is 2.48. The highest BCUT2D eigenvalue weighted by Crippen LogP contribution is 2.43. The normalized spacial score (nSPS) is 21.0. The zero-order valence-electron chi connectivity index (χ0n) is 22.6. The molecule has 0 fully saturated rings. The van der Waals surface area contributed by atoms with Crippen LogP contribution in [-0.4, -0.2) is 62.3 Å². The number of carbonyl (C=O) groups excluding carboxylic acids is 1. The van der Waals surface area contributed by atoms with E-state index in [1.807, 2.05) is 18.2 Å². The van der Waals surface area contributed by atoms with Crippen LogP contribution in [0.5, 0.6) is 0 Å². The van der Waals surface area contributed by atoms with Crippen molar-refractivity contribution >= 4 is 43.1 Å². The number of fused-ring (bicyclic) bond motifs is 1. The van der Waals surface area contributed by atoms with Crippen LogP contribution in [0.25, 0.3) is 16.3 Å². The third-order valence-electron chi connectivity index (χ3n) is 7.02. The van der Waals surface area contributed by atoms with Gasteiger partial charge in [0.25, 0.3) is 0 Å². The van der Waals surface area contributed by atoms with Gasteiger partial charge in [0, 0.05) is 18.3 Å². The van der Waals surface area contributed by atoms with E-state index < -0.39 is 51.0 Å². The standard InChI is InChI=1S/C29H27NO11S2/c1-38-29(31)20-11-9-18(10-12-20)17-39-26-24(21-13-14-30-16-21)15-25(23-8-4-6-19-5-2-3-7-22(19)23)27(40-42(32,33)34)28(26)41-43(35,36)37/h2-16,24,26-28,30H,17H2,1H3,(H,32,33,34)(H,35,36,37)/t24-,26-,27-,28+/m1/s1. The van der Waals surface area contributed by atoms with Crippen molar-refractivity contribution in [3.05, 3.63) is 114 Å². The molecule has 226 valence electrons. The Kier molecular flexibility index (Phi) is 8.80. The lowest BCUT2D eigenvalue weighted by Crippen LogP contribution is -2.50. The minimum absolute atomic E-state index is 0.144. The summed E-state index contributed by atoms with van der Waals surface area (Å²) in [5.74, 6) is -1.30. The maximum absolute atomic E-state index is 12.1. The van der Waals surface area contributed by atoms with Gasteiger partial charge in [0.1, 0.15) is 12.2 Å². The van der Waals surface area contributed by atoms with Crippen molar-refractivity contribution in [3.8, 4) is 0 Å². The molecule has 0 unspecified atom stereocenters. The first-order chi connectivity index (χ1) is 20.4. The molecule has 1 aliphatic carbocycles. The summed E-state index contributed by atoms with van der Waals surface area (Å²) in [6, 6.07) is 20.5. The van der Waals surface area contributed by atoms with Gasteiger partial charge in [0.05, 0.1) is 25.4 Å². The number of carbonyl (C=O) groups is 1. The maximum Gasteiger partial charge on any atom is 0.398 e. The van der Waals surface area contributed by atoms with Gasteiger partial charge in [-0.1, -0.05) is 60.7 Å². The van der Waals surface area contributed by atoms with E-state index in [4.69, 9.17) is 17.8 Å². The number of rotatable bonds is 10. The quantitative estimate of drug-likeness (QED) is 0.170. The van der Waals surface area contributed by atoms with Crippen LogP contribution in [0.3, 0.4) is 0 Å². The molecule has 0 saturated carbocycles. The van der Waals surface area contributed by atoms with Gasteiger partial charge in [-0.3, -0.25) is 9.11 Å². The monoisotopic (exact) mass is 629 g/mol. The van der Waals surface area contributed by atoms with Gasteiger partial charge < -0.3 is 14.5 Å². The number of methoxy groups -OCH3 is 1. The van der Waals surface area contributed by atoms with Crippen LogP contribution in [-0.2, 0) is 45.2 Å². The molecular weight excluding hydrogens is 602 g/mol. The van der Waals surface area contributed by atoms with Crippen molar-refractivity contribution in [1.29, 1.82) is 0 Å². The molecule has 0 saturated heterocycles. The van der Waals surface area contributed by atoms with Gasteiger partial charge in [0.15, 0.2) is 0 Å². The Morgan fingerprint density at radius 1 is 0.860 bits per heavy atom. The van der Waals surface area contributed by atoms with E-state index >= 15 is 0 Å². The van der Waals surface area contributed by atoms with Crippen LogP contribution in [0, 0.1) is 0 Å². The van der Waals surface area contributed by atoms with Gasteiger partial charge in [-0.05, 0) is 51.2 Å². The number of nitrogens with one attached hydrogen (secondary N) is 1. The first kappa shape index (κ1) is 30.6. The van der Waals surface area contributed by atoms with Gasteiger partial charge in [-0.15, -0.1) is 0 Å². The summed E-state index contributed by atoms with van der Waals surface area (Å²) in [6.45, 7) is -0.144. The Labute approximate surface area is 247 Å². The van der Waals surface area contributed by atoms with E-state index in [0.29, 0.717) is 27.6 Å². The molecule has 5 rings (SSSR count). The second kappa shape index (κ2) is 12.4. The molecule has 0 aliphatic heterocycles. The number of hydrogen-bond donors (Lipinski definition) is 3. The number of benzene rings is 3. The van der Waals surface area contributed by atoms with E-state index in [-0.39, 0.29) is 12.2 Å². The second-order valence-electron chi connectivity index (χ2n) is 9.72.